The molecule has 3 nitrogen and oxygen atoms in total. The number of nitrogens with zero attached hydrogens (tertiary/aromatic N) is 2. The lowest BCUT2D eigenvalue weighted by atomic mass is 9.52. The average Bonchev–Trinajstić information content (AvgIpc) is 2.67. The summed E-state index contributed by atoms with van der Waals surface area (Å²) in [6.45, 7) is 3.28. The van der Waals surface area contributed by atoms with E-state index < -0.39 is 0 Å². The molecule has 5 rings (SSSR count). The van der Waals surface area contributed by atoms with Gasteiger partial charge in [0.05, 0.1) is 0 Å². The summed E-state index contributed by atoms with van der Waals surface area (Å²) in [5.41, 5.74) is 4.59. The van der Waals surface area contributed by atoms with Crippen LogP contribution in [-0.2, 0) is 11.8 Å². The normalized spacial score (nSPS) is 30.4. The van der Waals surface area contributed by atoms with Crippen LogP contribution < -0.4 is 4.74 Å². The Morgan fingerprint density at radius 3 is 3.00 bits per heavy atom. The first-order valence-electron chi connectivity index (χ1n) is 10.1. The van der Waals surface area contributed by atoms with Gasteiger partial charge in [0, 0.05) is 23.2 Å². The quantitative estimate of drug-likeness (QED) is 0.774. The molecule has 0 spiro atoms. The minimum Gasteiger partial charge on any atom is -0.439 e. The number of aryl methyl sites for hydroxylation is 1. The molecule has 1 aliphatic heterocycles. The number of hydrogen-bond acceptors (Lipinski definition) is 3. The van der Waals surface area contributed by atoms with Crippen LogP contribution in [0.15, 0.2) is 36.5 Å². The summed E-state index contributed by atoms with van der Waals surface area (Å²) < 4.78 is 6.19. The molecule has 3 aliphatic rings. The minimum atomic E-state index is 0.377. The van der Waals surface area contributed by atoms with Gasteiger partial charge in [-0.05, 0) is 81.4 Å². The van der Waals surface area contributed by atoms with E-state index in [1.807, 2.05) is 6.07 Å². The Morgan fingerprint density at radius 1 is 1.19 bits per heavy atom. The van der Waals surface area contributed by atoms with Gasteiger partial charge in [-0.3, -0.25) is 0 Å². The summed E-state index contributed by atoms with van der Waals surface area (Å²) in [5, 5.41) is 0. The molecule has 3 heteroatoms. The number of likely N-dealkylation sites (N-methyl/N-ethyl adjacent to an activating group) is 1. The number of fused-ring (bicyclic) bond motifs is 1. The summed E-state index contributed by atoms with van der Waals surface area (Å²) >= 11 is 0. The standard InChI is InChI=1S/C23H28N2O/c1-16-6-5-12-24-22(16)26-18-9-8-17-14-21-19-7-3-4-10-23(19,20(17)15-18)11-13-25(21)2/h5-6,8-9,12,15,19,21H,3-4,7,10-11,13-14H2,1-2H3/t19-,21-,23-/m1/s1. The van der Waals surface area contributed by atoms with Crippen molar-refractivity contribution >= 4 is 0 Å². The van der Waals surface area contributed by atoms with E-state index in [2.05, 4.69) is 48.1 Å². The molecule has 2 aromatic rings. The minimum absolute atomic E-state index is 0.377. The number of piperidine rings is 1. The molecule has 1 saturated heterocycles. The summed E-state index contributed by atoms with van der Waals surface area (Å²) in [5.74, 6) is 2.48. The Bertz CT molecular complexity index is 833. The van der Waals surface area contributed by atoms with Gasteiger partial charge in [0.25, 0.3) is 0 Å². The fourth-order valence-corrected chi connectivity index (χ4v) is 5.93. The highest BCUT2D eigenvalue weighted by molar-refractivity contribution is 5.46. The highest BCUT2D eigenvalue weighted by Gasteiger charge is 2.53. The molecule has 26 heavy (non-hydrogen) atoms. The number of hydrogen-bond donors (Lipinski definition) is 0. The lowest BCUT2D eigenvalue weighted by Crippen LogP contribution is -2.59. The van der Waals surface area contributed by atoms with E-state index in [4.69, 9.17) is 4.74 Å². The highest BCUT2D eigenvalue weighted by Crippen LogP contribution is 2.56. The van der Waals surface area contributed by atoms with Crippen molar-refractivity contribution in [2.45, 2.75) is 56.9 Å². The van der Waals surface area contributed by atoms with Crippen molar-refractivity contribution in [3.05, 3.63) is 53.2 Å². The largest absolute Gasteiger partial charge is 0.439 e. The molecule has 1 saturated carbocycles. The summed E-state index contributed by atoms with van der Waals surface area (Å²) in [7, 11) is 2.33. The van der Waals surface area contributed by atoms with Crippen molar-refractivity contribution in [2.75, 3.05) is 13.6 Å². The van der Waals surface area contributed by atoms with Crippen molar-refractivity contribution in [3.63, 3.8) is 0 Å². The van der Waals surface area contributed by atoms with Crippen LogP contribution in [0.5, 0.6) is 11.6 Å². The lowest BCUT2D eigenvalue weighted by molar-refractivity contribution is 0.00276. The predicted octanol–water partition coefficient (Wildman–Crippen LogP) is 4.87. The first-order chi connectivity index (χ1) is 12.7. The number of rotatable bonds is 2. The van der Waals surface area contributed by atoms with Crippen molar-refractivity contribution in [1.82, 2.24) is 9.88 Å². The zero-order chi connectivity index (χ0) is 17.7. The van der Waals surface area contributed by atoms with Crippen LogP contribution in [0.3, 0.4) is 0 Å². The number of likely N-dealkylation sites (tertiary alicyclic amines) is 1. The Labute approximate surface area is 156 Å². The third kappa shape index (κ3) is 2.40. The maximum absolute atomic E-state index is 6.19. The van der Waals surface area contributed by atoms with E-state index in [9.17, 15) is 0 Å². The molecule has 0 radical (unpaired) electrons. The third-order valence-corrected chi connectivity index (χ3v) is 7.26. The monoisotopic (exact) mass is 348 g/mol. The smallest absolute Gasteiger partial charge is 0.222 e. The molecular weight excluding hydrogens is 320 g/mol. The molecule has 0 N–H and O–H groups in total. The van der Waals surface area contributed by atoms with Gasteiger partial charge in [0.15, 0.2) is 0 Å². The SMILES string of the molecule is Cc1cccnc1Oc1ccc2c(c1)[C@@]13CCCC[C@@H]1[C@@H](C2)N(C)CC3. The molecule has 0 unspecified atom stereocenters. The van der Waals surface area contributed by atoms with Crippen LogP contribution in [0.4, 0.5) is 0 Å². The van der Waals surface area contributed by atoms with E-state index >= 15 is 0 Å². The number of aromatic nitrogens is 1. The van der Waals surface area contributed by atoms with Crippen molar-refractivity contribution in [3.8, 4) is 11.6 Å². The summed E-state index contributed by atoms with van der Waals surface area (Å²) in [6, 6.07) is 11.5. The second-order valence-corrected chi connectivity index (χ2v) is 8.56. The topological polar surface area (TPSA) is 25.4 Å². The maximum atomic E-state index is 6.19. The van der Waals surface area contributed by atoms with Crippen LogP contribution >= 0.6 is 0 Å². The first-order valence-corrected chi connectivity index (χ1v) is 10.1. The molecule has 1 aromatic heterocycles. The molecule has 2 aliphatic carbocycles. The second kappa shape index (κ2) is 6.09. The van der Waals surface area contributed by atoms with E-state index in [0.717, 1.165) is 29.2 Å². The van der Waals surface area contributed by atoms with E-state index in [0.29, 0.717) is 5.41 Å². The van der Waals surface area contributed by atoms with Gasteiger partial charge in [-0.15, -0.1) is 0 Å². The maximum Gasteiger partial charge on any atom is 0.222 e. The molecule has 2 fully saturated rings. The number of pyridine rings is 1. The zero-order valence-corrected chi connectivity index (χ0v) is 15.9. The van der Waals surface area contributed by atoms with Gasteiger partial charge in [0.2, 0.25) is 5.88 Å². The summed E-state index contributed by atoms with van der Waals surface area (Å²) in [6.07, 6.45) is 9.80. The molecule has 3 atom stereocenters. The molecule has 2 heterocycles. The van der Waals surface area contributed by atoms with E-state index in [1.54, 1.807) is 17.3 Å². The van der Waals surface area contributed by atoms with E-state index in [-0.39, 0.29) is 0 Å². The third-order valence-electron chi connectivity index (χ3n) is 7.26. The molecule has 2 bridgehead atoms. The Morgan fingerprint density at radius 2 is 2.12 bits per heavy atom. The van der Waals surface area contributed by atoms with Gasteiger partial charge in [-0.1, -0.05) is 25.0 Å². The van der Waals surface area contributed by atoms with Crippen molar-refractivity contribution < 1.29 is 4.74 Å². The van der Waals surface area contributed by atoms with Gasteiger partial charge in [0.1, 0.15) is 5.75 Å². The Balaban J connectivity index is 1.56. The molecule has 1 aromatic carbocycles. The second-order valence-electron chi connectivity index (χ2n) is 8.56. The molecule has 0 amide bonds. The van der Waals surface area contributed by atoms with Crippen LogP contribution in [0, 0.1) is 12.8 Å². The van der Waals surface area contributed by atoms with Crippen LogP contribution in [0.2, 0.25) is 0 Å². The number of ether oxygens (including phenoxy) is 1. The molecule has 136 valence electrons. The van der Waals surface area contributed by atoms with Gasteiger partial charge in [-0.25, -0.2) is 4.98 Å². The van der Waals surface area contributed by atoms with Crippen LogP contribution in [0.1, 0.15) is 48.8 Å². The van der Waals surface area contributed by atoms with Gasteiger partial charge < -0.3 is 9.64 Å². The van der Waals surface area contributed by atoms with Gasteiger partial charge >= 0.3 is 0 Å². The highest BCUT2D eigenvalue weighted by atomic mass is 16.5. The number of benzene rings is 1. The summed E-state index contributed by atoms with van der Waals surface area (Å²) in [4.78, 5) is 7.03. The van der Waals surface area contributed by atoms with Crippen LogP contribution in [0.25, 0.3) is 0 Å². The zero-order valence-electron chi connectivity index (χ0n) is 15.9. The Kier molecular flexibility index (Phi) is 3.82. The molecular formula is C23H28N2O. The average molecular weight is 348 g/mol. The Hall–Kier alpha value is -1.87. The fraction of sp³-hybridized carbons (Fsp3) is 0.522. The first kappa shape index (κ1) is 16.3. The van der Waals surface area contributed by atoms with E-state index in [1.165, 1.54) is 45.1 Å². The fourth-order valence-electron chi connectivity index (χ4n) is 5.93. The lowest BCUT2D eigenvalue weighted by Gasteiger charge is -2.58. The van der Waals surface area contributed by atoms with Crippen molar-refractivity contribution in [1.29, 1.82) is 0 Å². The van der Waals surface area contributed by atoms with Gasteiger partial charge in [-0.2, -0.15) is 0 Å². The van der Waals surface area contributed by atoms with Crippen molar-refractivity contribution in [2.24, 2.45) is 5.92 Å². The predicted molar refractivity (Wildman–Crippen MR) is 104 cm³/mol. The van der Waals surface area contributed by atoms with Crippen LogP contribution in [-0.4, -0.2) is 29.5 Å².